The summed E-state index contributed by atoms with van der Waals surface area (Å²) in [6, 6.07) is 18.7. The number of hydrogen-bond acceptors (Lipinski definition) is 6. The maximum absolute atomic E-state index is 12.6. The maximum Gasteiger partial charge on any atom is 0.337 e. The second-order valence-corrected chi connectivity index (χ2v) is 8.37. The SMILES string of the molecule is COC(=O)c1ccc(NC(=O)/C(C#N)=C/c2cc(Br)c(OCc3ccccc3Cl)c(OC)c2)cc1. The van der Waals surface area contributed by atoms with Crippen molar-refractivity contribution >= 4 is 51.2 Å². The highest BCUT2D eigenvalue weighted by atomic mass is 79.9. The second kappa shape index (κ2) is 12.1. The molecule has 0 unspecified atom stereocenters. The molecule has 0 radical (unpaired) electrons. The van der Waals surface area contributed by atoms with Crippen molar-refractivity contribution in [3.05, 3.63) is 92.4 Å². The highest BCUT2D eigenvalue weighted by Crippen LogP contribution is 2.38. The van der Waals surface area contributed by atoms with Crippen molar-refractivity contribution < 1.29 is 23.8 Å². The first-order valence-corrected chi connectivity index (χ1v) is 11.4. The molecule has 3 rings (SSSR count). The van der Waals surface area contributed by atoms with Gasteiger partial charge in [0.15, 0.2) is 11.5 Å². The standard InChI is InChI=1S/C26H20BrClN2O5/c1-33-23-13-16(12-21(27)24(23)35-15-18-5-3-4-6-22(18)28)11-19(14-29)25(31)30-20-9-7-17(8-10-20)26(32)34-2/h3-13H,15H2,1-2H3,(H,30,31)/b19-11+. The molecule has 0 aromatic heterocycles. The summed E-state index contributed by atoms with van der Waals surface area (Å²) in [7, 11) is 2.78. The number of benzene rings is 3. The van der Waals surface area contributed by atoms with E-state index in [2.05, 4.69) is 26.0 Å². The Balaban J connectivity index is 1.79. The lowest BCUT2D eigenvalue weighted by Crippen LogP contribution is -2.13. The Hall–Kier alpha value is -3.80. The van der Waals surface area contributed by atoms with Gasteiger partial charge >= 0.3 is 5.97 Å². The molecule has 0 fully saturated rings. The number of esters is 1. The molecule has 0 saturated heterocycles. The number of nitrogens with one attached hydrogen (secondary N) is 1. The Morgan fingerprint density at radius 3 is 2.46 bits per heavy atom. The molecule has 0 spiro atoms. The highest BCUT2D eigenvalue weighted by Gasteiger charge is 2.15. The van der Waals surface area contributed by atoms with Crippen LogP contribution in [0.4, 0.5) is 5.69 Å². The largest absolute Gasteiger partial charge is 0.493 e. The minimum atomic E-state index is -0.604. The summed E-state index contributed by atoms with van der Waals surface area (Å²) in [6.07, 6.45) is 1.43. The number of rotatable bonds is 8. The molecule has 3 aromatic rings. The van der Waals surface area contributed by atoms with Gasteiger partial charge in [-0.3, -0.25) is 4.79 Å². The highest BCUT2D eigenvalue weighted by molar-refractivity contribution is 9.10. The number of methoxy groups -OCH3 is 2. The maximum atomic E-state index is 12.6. The molecule has 178 valence electrons. The van der Waals surface area contributed by atoms with Gasteiger partial charge in [0.05, 0.1) is 24.3 Å². The zero-order valence-electron chi connectivity index (χ0n) is 18.8. The number of amides is 1. The monoisotopic (exact) mass is 554 g/mol. The molecule has 3 aromatic carbocycles. The van der Waals surface area contributed by atoms with E-state index in [1.54, 1.807) is 30.3 Å². The van der Waals surface area contributed by atoms with E-state index < -0.39 is 11.9 Å². The van der Waals surface area contributed by atoms with Gasteiger partial charge in [0.2, 0.25) is 0 Å². The number of ether oxygens (including phenoxy) is 3. The second-order valence-electron chi connectivity index (χ2n) is 7.11. The number of carbonyl (C=O) groups excluding carboxylic acids is 2. The molecule has 0 bridgehead atoms. The summed E-state index contributed by atoms with van der Waals surface area (Å²) in [4.78, 5) is 24.2. The fourth-order valence-electron chi connectivity index (χ4n) is 3.05. The van der Waals surface area contributed by atoms with Crippen molar-refractivity contribution in [1.29, 1.82) is 5.26 Å². The average molecular weight is 556 g/mol. The summed E-state index contributed by atoms with van der Waals surface area (Å²) in [5.41, 5.74) is 2.00. The molecule has 1 amide bonds. The molecule has 0 aliphatic rings. The summed E-state index contributed by atoms with van der Waals surface area (Å²) in [5.74, 6) is -0.223. The minimum absolute atomic E-state index is 0.124. The Morgan fingerprint density at radius 1 is 1.11 bits per heavy atom. The first-order chi connectivity index (χ1) is 16.9. The third kappa shape index (κ3) is 6.63. The van der Waals surface area contributed by atoms with Crippen molar-refractivity contribution in [2.24, 2.45) is 0 Å². The van der Waals surface area contributed by atoms with E-state index in [-0.39, 0.29) is 12.2 Å². The lowest BCUT2D eigenvalue weighted by Gasteiger charge is -2.14. The van der Waals surface area contributed by atoms with Crippen molar-refractivity contribution in [3.8, 4) is 17.6 Å². The average Bonchev–Trinajstić information content (AvgIpc) is 2.87. The quantitative estimate of drug-likeness (QED) is 0.207. The summed E-state index contributed by atoms with van der Waals surface area (Å²) >= 11 is 9.67. The van der Waals surface area contributed by atoms with Gasteiger partial charge in [-0.15, -0.1) is 0 Å². The first kappa shape index (κ1) is 25.8. The Morgan fingerprint density at radius 2 is 1.83 bits per heavy atom. The lowest BCUT2D eigenvalue weighted by molar-refractivity contribution is -0.112. The number of halogens is 2. The third-order valence-electron chi connectivity index (χ3n) is 4.82. The van der Waals surface area contributed by atoms with E-state index in [1.165, 1.54) is 32.4 Å². The van der Waals surface area contributed by atoms with Crippen molar-refractivity contribution in [2.45, 2.75) is 6.61 Å². The lowest BCUT2D eigenvalue weighted by atomic mass is 10.1. The van der Waals surface area contributed by atoms with Gasteiger partial charge in [-0.1, -0.05) is 29.8 Å². The van der Waals surface area contributed by atoms with E-state index >= 15 is 0 Å². The van der Waals surface area contributed by atoms with E-state index in [4.69, 9.17) is 21.1 Å². The van der Waals surface area contributed by atoms with Gasteiger partial charge in [0.25, 0.3) is 5.91 Å². The van der Waals surface area contributed by atoms with Crippen LogP contribution in [0.5, 0.6) is 11.5 Å². The summed E-state index contributed by atoms with van der Waals surface area (Å²) in [5, 5.41) is 12.8. The molecule has 0 aliphatic heterocycles. The Labute approximate surface area is 216 Å². The third-order valence-corrected chi connectivity index (χ3v) is 5.78. The smallest absolute Gasteiger partial charge is 0.337 e. The molecule has 9 heteroatoms. The summed E-state index contributed by atoms with van der Waals surface area (Å²) in [6.45, 7) is 0.227. The van der Waals surface area contributed by atoms with E-state index in [0.717, 1.165) is 5.56 Å². The van der Waals surface area contributed by atoms with Gasteiger partial charge in [-0.05, 0) is 70.0 Å². The predicted molar refractivity (Wildman–Crippen MR) is 136 cm³/mol. The van der Waals surface area contributed by atoms with E-state index in [9.17, 15) is 14.9 Å². The Kier molecular flexibility index (Phi) is 8.90. The molecular formula is C26H20BrClN2O5. The summed E-state index contributed by atoms with van der Waals surface area (Å²) < 4.78 is 16.6. The van der Waals surface area contributed by atoms with Gasteiger partial charge in [-0.2, -0.15) is 5.26 Å². The zero-order chi connectivity index (χ0) is 25.4. The normalized spacial score (nSPS) is 10.8. The van der Waals surface area contributed by atoms with Crippen LogP contribution in [-0.2, 0) is 16.1 Å². The van der Waals surface area contributed by atoms with Crippen LogP contribution in [-0.4, -0.2) is 26.1 Å². The zero-order valence-corrected chi connectivity index (χ0v) is 21.1. The van der Waals surface area contributed by atoms with Gasteiger partial charge < -0.3 is 19.5 Å². The molecule has 0 atom stereocenters. The first-order valence-electron chi connectivity index (χ1n) is 10.2. The van der Waals surface area contributed by atoms with Crippen LogP contribution in [0, 0.1) is 11.3 Å². The molecular weight excluding hydrogens is 536 g/mol. The number of nitriles is 1. The fraction of sp³-hybridized carbons (Fsp3) is 0.115. The van der Waals surface area contributed by atoms with Crippen molar-refractivity contribution in [1.82, 2.24) is 0 Å². The van der Waals surface area contributed by atoms with Crippen LogP contribution < -0.4 is 14.8 Å². The minimum Gasteiger partial charge on any atom is -0.493 e. The van der Waals surface area contributed by atoms with Crippen LogP contribution in [0.2, 0.25) is 5.02 Å². The Bertz CT molecular complexity index is 1320. The topological polar surface area (TPSA) is 97.7 Å². The number of nitrogens with zero attached hydrogens (tertiary/aromatic N) is 1. The van der Waals surface area contributed by atoms with E-state index in [0.29, 0.717) is 37.8 Å². The van der Waals surface area contributed by atoms with Crippen LogP contribution in [0.25, 0.3) is 6.08 Å². The number of carbonyl (C=O) groups is 2. The van der Waals surface area contributed by atoms with Crippen LogP contribution >= 0.6 is 27.5 Å². The van der Waals surface area contributed by atoms with Gasteiger partial charge in [0, 0.05) is 16.3 Å². The van der Waals surface area contributed by atoms with Crippen LogP contribution in [0.15, 0.2) is 70.7 Å². The van der Waals surface area contributed by atoms with Crippen molar-refractivity contribution in [3.63, 3.8) is 0 Å². The van der Waals surface area contributed by atoms with Gasteiger partial charge in [0.1, 0.15) is 18.2 Å². The molecule has 0 aliphatic carbocycles. The molecule has 0 saturated carbocycles. The molecule has 1 N–H and O–H groups in total. The van der Waals surface area contributed by atoms with Crippen molar-refractivity contribution in [2.75, 3.05) is 19.5 Å². The van der Waals surface area contributed by atoms with Gasteiger partial charge in [-0.25, -0.2) is 4.79 Å². The number of anilines is 1. The molecule has 7 nitrogen and oxygen atoms in total. The molecule has 35 heavy (non-hydrogen) atoms. The molecule has 0 heterocycles. The van der Waals surface area contributed by atoms with Crippen LogP contribution in [0.3, 0.4) is 0 Å². The number of hydrogen-bond donors (Lipinski definition) is 1. The van der Waals surface area contributed by atoms with E-state index in [1.807, 2.05) is 24.3 Å². The fourth-order valence-corrected chi connectivity index (χ4v) is 3.81. The predicted octanol–water partition coefficient (Wildman–Crippen LogP) is 6.02. The van der Waals surface area contributed by atoms with Crippen LogP contribution in [0.1, 0.15) is 21.5 Å².